The molecule has 6 heteroatoms. The molecule has 0 unspecified atom stereocenters. The highest BCUT2D eigenvalue weighted by molar-refractivity contribution is 6.42. The average Bonchev–Trinajstić information content (AvgIpc) is 2.99. The summed E-state index contributed by atoms with van der Waals surface area (Å²) < 4.78 is 11.0. The molecule has 2 aromatic carbocycles. The number of para-hydroxylation sites is 2. The number of carbonyl (C=O) groups is 1. The number of furan rings is 1. The monoisotopic (exact) mass is 375 g/mol. The van der Waals surface area contributed by atoms with Crippen molar-refractivity contribution >= 4 is 34.8 Å². The van der Waals surface area contributed by atoms with Crippen LogP contribution in [-0.2, 0) is 0 Å². The summed E-state index contributed by atoms with van der Waals surface area (Å²) in [6.07, 6.45) is 0. The van der Waals surface area contributed by atoms with E-state index in [0.717, 1.165) is 5.56 Å². The largest absolute Gasteiger partial charge is 0.495 e. The fourth-order valence-corrected chi connectivity index (χ4v) is 2.73. The van der Waals surface area contributed by atoms with Crippen molar-refractivity contribution in [2.24, 2.45) is 0 Å². The standard InChI is InChI=1S/C19H15Cl2NO3/c1-11-13(19(23)22-16-5-3-4-6-17(16)24-2)10-18(25-11)12-7-8-14(20)15(21)9-12/h3-10H,1-2H3,(H,22,23). The van der Waals surface area contributed by atoms with Crippen LogP contribution in [0.3, 0.4) is 0 Å². The number of anilines is 1. The van der Waals surface area contributed by atoms with Crippen LogP contribution in [0.5, 0.6) is 5.75 Å². The number of carbonyl (C=O) groups excluding carboxylic acids is 1. The van der Waals surface area contributed by atoms with Gasteiger partial charge in [0.2, 0.25) is 0 Å². The molecule has 3 aromatic rings. The Morgan fingerprint density at radius 1 is 1.08 bits per heavy atom. The van der Waals surface area contributed by atoms with Gasteiger partial charge < -0.3 is 14.5 Å². The molecule has 0 radical (unpaired) electrons. The Morgan fingerprint density at radius 2 is 1.84 bits per heavy atom. The molecule has 1 heterocycles. The Labute approximate surface area is 155 Å². The Hall–Kier alpha value is -2.43. The second-order valence-electron chi connectivity index (χ2n) is 5.36. The van der Waals surface area contributed by atoms with E-state index in [-0.39, 0.29) is 5.91 Å². The third-order valence-corrected chi connectivity index (χ3v) is 4.46. The molecule has 1 N–H and O–H groups in total. The first-order valence-corrected chi connectivity index (χ1v) is 8.25. The zero-order valence-electron chi connectivity index (χ0n) is 13.6. The Balaban J connectivity index is 1.89. The fourth-order valence-electron chi connectivity index (χ4n) is 2.44. The molecule has 3 rings (SSSR count). The third-order valence-electron chi connectivity index (χ3n) is 3.72. The SMILES string of the molecule is COc1ccccc1NC(=O)c1cc(-c2ccc(Cl)c(Cl)c2)oc1C. The lowest BCUT2D eigenvalue weighted by molar-refractivity contribution is 0.102. The summed E-state index contributed by atoms with van der Waals surface area (Å²) in [5.74, 6) is 1.36. The third kappa shape index (κ3) is 3.65. The van der Waals surface area contributed by atoms with Gasteiger partial charge >= 0.3 is 0 Å². The molecule has 0 saturated heterocycles. The Kier molecular flexibility index (Phi) is 5.02. The summed E-state index contributed by atoms with van der Waals surface area (Å²) in [7, 11) is 1.55. The van der Waals surface area contributed by atoms with E-state index in [1.807, 2.05) is 12.1 Å². The summed E-state index contributed by atoms with van der Waals surface area (Å²) in [6, 6.07) is 14.1. The van der Waals surface area contributed by atoms with Gasteiger partial charge in [-0.25, -0.2) is 0 Å². The van der Waals surface area contributed by atoms with E-state index in [1.54, 1.807) is 50.4 Å². The minimum Gasteiger partial charge on any atom is -0.495 e. The van der Waals surface area contributed by atoms with Crippen LogP contribution in [0.2, 0.25) is 10.0 Å². The van der Waals surface area contributed by atoms with Gasteiger partial charge in [-0.15, -0.1) is 0 Å². The van der Waals surface area contributed by atoms with Gasteiger partial charge in [0.1, 0.15) is 17.3 Å². The van der Waals surface area contributed by atoms with E-state index in [4.69, 9.17) is 32.4 Å². The Morgan fingerprint density at radius 3 is 2.56 bits per heavy atom. The first-order chi connectivity index (χ1) is 12.0. The van der Waals surface area contributed by atoms with Gasteiger partial charge in [-0.2, -0.15) is 0 Å². The molecule has 128 valence electrons. The van der Waals surface area contributed by atoms with Crippen molar-refractivity contribution in [1.82, 2.24) is 0 Å². The molecule has 0 aliphatic heterocycles. The van der Waals surface area contributed by atoms with Crippen molar-refractivity contribution in [1.29, 1.82) is 0 Å². The van der Waals surface area contributed by atoms with Gasteiger partial charge in [-0.3, -0.25) is 4.79 Å². The number of methoxy groups -OCH3 is 1. The van der Waals surface area contributed by atoms with Crippen LogP contribution >= 0.6 is 23.2 Å². The van der Waals surface area contributed by atoms with Gasteiger partial charge in [0.05, 0.1) is 28.4 Å². The molecule has 1 amide bonds. The molecule has 0 fully saturated rings. The number of amides is 1. The highest BCUT2D eigenvalue weighted by Gasteiger charge is 2.18. The normalized spacial score (nSPS) is 10.6. The zero-order valence-corrected chi connectivity index (χ0v) is 15.1. The lowest BCUT2D eigenvalue weighted by atomic mass is 10.1. The molecule has 1 aromatic heterocycles. The van der Waals surface area contributed by atoms with Crippen LogP contribution in [-0.4, -0.2) is 13.0 Å². The van der Waals surface area contributed by atoms with Gasteiger partial charge in [-0.1, -0.05) is 35.3 Å². The van der Waals surface area contributed by atoms with Crippen LogP contribution in [0.25, 0.3) is 11.3 Å². The van der Waals surface area contributed by atoms with Gasteiger partial charge in [0, 0.05) is 5.56 Å². The van der Waals surface area contributed by atoms with Crippen molar-refractivity contribution in [3.8, 4) is 17.1 Å². The van der Waals surface area contributed by atoms with Crippen molar-refractivity contribution in [2.75, 3.05) is 12.4 Å². The fraction of sp³-hybridized carbons (Fsp3) is 0.105. The second kappa shape index (κ2) is 7.21. The number of halogens is 2. The minimum absolute atomic E-state index is 0.280. The molecule has 0 saturated carbocycles. The van der Waals surface area contributed by atoms with E-state index < -0.39 is 0 Å². The lowest BCUT2D eigenvalue weighted by Gasteiger charge is -2.09. The molecule has 25 heavy (non-hydrogen) atoms. The smallest absolute Gasteiger partial charge is 0.259 e. The highest BCUT2D eigenvalue weighted by Crippen LogP contribution is 2.31. The number of hydrogen-bond acceptors (Lipinski definition) is 3. The average molecular weight is 376 g/mol. The number of hydrogen-bond donors (Lipinski definition) is 1. The molecule has 0 bridgehead atoms. The Bertz CT molecular complexity index is 934. The van der Waals surface area contributed by atoms with E-state index in [9.17, 15) is 4.79 Å². The highest BCUT2D eigenvalue weighted by atomic mass is 35.5. The lowest BCUT2D eigenvalue weighted by Crippen LogP contribution is -2.12. The molecule has 0 spiro atoms. The molecule has 0 aliphatic carbocycles. The van der Waals surface area contributed by atoms with Crippen LogP contribution in [0, 0.1) is 6.92 Å². The van der Waals surface area contributed by atoms with Crippen LogP contribution in [0.15, 0.2) is 52.9 Å². The maximum absolute atomic E-state index is 12.6. The summed E-state index contributed by atoms with van der Waals surface area (Å²) in [6.45, 7) is 1.73. The molecule has 0 atom stereocenters. The van der Waals surface area contributed by atoms with E-state index in [0.29, 0.717) is 38.6 Å². The number of rotatable bonds is 4. The second-order valence-corrected chi connectivity index (χ2v) is 6.18. The van der Waals surface area contributed by atoms with Gasteiger partial charge in [0.15, 0.2) is 0 Å². The predicted molar refractivity (Wildman–Crippen MR) is 99.8 cm³/mol. The van der Waals surface area contributed by atoms with E-state index in [1.165, 1.54) is 0 Å². The minimum atomic E-state index is -0.280. The topological polar surface area (TPSA) is 51.5 Å². The quantitative estimate of drug-likeness (QED) is 0.624. The van der Waals surface area contributed by atoms with Gasteiger partial charge in [0.25, 0.3) is 5.91 Å². The number of nitrogens with one attached hydrogen (secondary N) is 1. The summed E-state index contributed by atoms with van der Waals surface area (Å²) in [5, 5.41) is 3.72. The first-order valence-electron chi connectivity index (χ1n) is 7.50. The molecule has 0 aliphatic rings. The first kappa shape index (κ1) is 17.4. The van der Waals surface area contributed by atoms with Crippen molar-refractivity contribution in [2.45, 2.75) is 6.92 Å². The number of benzene rings is 2. The van der Waals surface area contributed by atoms with E-state index >= 15 is 0 Å². The predicted octanol–water partition coefficient (Wildman–Crippen LogP) is 5.82. The van der Waals surface area contributed by atoms with Crippen molar-refractivity contribution < 1.29 is 13.9 Å². The number of aryl methyl sites for hydroxylation is 1. The van der Waals surface area contributed by atoms with Crippen molar-refractivity contribution in [3.05, 3.63) is 69.9 Å². The molecule has 4 nitrogen and oxygen atoms in total. The summed E-state index contributed by atoms with van der Waals surface area (Å²) in [4.78, 5) is 12.6. The van der Waals surface area contributed by atoms with Crippen LogP contribution in [0.1, 0.15) is 16.1 Å². The molecular formula is C19H15Cl2NO3. The van der Waals surface area contributed by atoms with Crippen LogP contribution in [0.4, 0.5) is 5.69 Å². The van der Waals surface area contributed by atoms with E-state index in [2.05, 4.69) is 5.32 Å². The summed E-state index contributed by atoms with van der Waals surface area (Å²) >= 11 is 12.0. The molecular weight excluding hydrogens is 361 g/mol. The van der Waals surface area contributed by atoms with Crippen LogP contribution < -0.4 is 10.1 Å². The maximum Gasteiger partial charge on any atom is 0.259 e. The zero-order chi connectivity index (χ0) is 18.0. The van der Waals surface area contributed by atoms with Gasteiger partial charge in [-0.05, 0) is 43.3 Å². The maximum atomic E-state index is 12.6. The number of ether oxygens (including phenoxy) is 1. The van der Waals surface area contributed by atoms with Crippen molar-refractivity contribution in [3.63, 3.8) is 0 Å². The summed E-state index contributed by atoms with van der Waals surface area (Å²) in [5.41, 5.74) is 1.77.